The number of hydrogen-bond donors (Lipinski definition) is 1. The average Bonchev–Trinajstić information content (AvgIpc) is 1.92. The summed E-state index contributed by atoms with van der Waals surface area (Å²) in [5, 5.41) is 8.85. The number of alkyl halides is 6. The van der Waals surface area contributed by atoms with Gasteiger partial charge < -0.3 is 10.0 Å². The number of rotatable bonds is 1. The first kappa shape index (κ1) is 12.6. The van der Waals surface area contributed by atoms with E-state index in [2.05, 4.69) is 0 Å². The smallest absolute Gasteiger partial charge is 0.373 e. The second-order valence-electron chi connectivity index (χ2n) is 3.68. The van der Waals surface area contributed by atoms with Gasteiger partial charge in [-0.25, -0.2) is 0 Å². The molecule has 2 nitrogen and oxygen atoms in total. The summed E-state index contributed by atoms with van der Waals surface area (Å²) in [7, 11) is 1.38. The standard InChI is InChI=1S/C7H9F6NO/c1-14-2-4(3-14)5(15,6(8,9)10)7(11,12)13/h4,15H,2-3H2,1H3. The van der Waals surface area contributed by atoms with Gasteiger partial charge in [-0.05, 0) is 7.05 Å². The van der Waals surface area contributed by atoms with E-state index in [0.717, 1.165) is 0 Å². The Hall–Kier alpha value is -0.500. The largest absolute Gasteiger partial charge is 0.426 e. The van der Waals surface area contributed by atoms with E-state index in [-0.39, 0.29) is 0 Å². The lowest BCUT2D eigenvalue weighted by Gasteiger charge is -2.47. The highest BCUT2D eigenvalue weighted by molar-refractivity contribution is 5.04. The van der Waals surface area contributed by atoms with Crippen molar-refractivity contribution >= 4 is 0 Å². The number of halogens is 6. The first-order valence-electron chi connectivity index (χ1n) is 4.04. The molecule has 1 heterocycles. The predicted octanol–water partition coefficient (Wildman–Crippen LogP) is 1.40. The number of nitrogens with zero attached hydrogens (tertiary/aromatic N) is 1. The molecule has 0 saturated carbocycles. The van der Waals surface area contributed by atoms with E-state index in [9.17, 15) is 26.3 Å². The van der Waals surface area contributed by atoms with Crippen molar-refractivity contribution in [2.75, 3.05) is 20.1 Å². The summed E-state index contributed by atoms with van der Waals surface area (Å²) in [5.74, 6) is -1.84. The van der Waals surface area contributed by atoms with Gasteiger partial charge in [0.1, 0.15) is 0 Å². The molecule has 0 aromatic carbocycles. The van der Waals surface area contributed by atoms with Crippen molar-refractivity contribution in [3.05, 3.63) is 0 Å². The van der Waals surface area contributed by atoms with E-state index in [1.165, 1.54) is 11.9 Å². The molecule has 8 heteroatoms. The van der Waals surface area contributed by atoms with Crippen molar-refractivity contribution < 1.29 is 31.4 Å². The van der Waals surface area contributed by atoms with E-state index in [0.29, 0.717) is 0 Å². The van der Waals surface area contributed by atoms with E-state index >= 15 is 0 Å². The zero-order valence-electron chi connectivity index (χ0n) is 7.65. The van der Waals surface area contributed by atoms with Crippen molar-refractivity contribution in [1.29, 1.82) is 0 Å². The van der Waals surface area contributed by atoms with Crippen LogP contribution >= 0.6 is 0 Å². The van der Waals surface area contributed by atoms with Gasteiger partial charge in [0.25, 0.3) is 5.60 Å². The molecule has 0 amide bonds. The minimum absolute atomic E-state index is 0.421. The quantitative estimate of drug-likeness (QED) is 0.697. The summed E-state index contributed by atoms with van der Waals surface area (Å²) < 4.78 is 73.3. The molecule has 90 valence electrons. The lowest BCUT2D eigenvalue weighted by molar-refractivity contribution is -0.393. The average molecular weight is 237 g/mol. The molecule has 0 unspecified atom stereocenters. The van der Waals surface area contributed by atoms with Gasteiger partial charge in [0, 0.05) is 19.0 Å². The minimum Gasteiger partial charge on any atom is -0.373 e. The Balaban J connectivity index is 2.98. The maximum atomic E-state index is 12.2. The van der Waals surface area contributed by atoms with E-state index in [4.69, 9.17) is 5.11 Å². The first-order valence-corrected chi connectivity index (χ1v) is 4.04. The van der Waals surface area contributed by atoms with Crippen LogP contribution in [-0.2, 0) is 0 Å². The summed E-state index contributed by atoms with van der Waals surface area (Å²) in [4.78, 5) is 1.27. The molecule has 1 aliphatic heterocycles. The highest BCUT2D eigenvalue weighted by atomic mass is 19.4. The summed E-state index contributed by atoms with van der Waals surface area (Å²) in [5.41, 5.74) is -4.59. The van der Waals surface area contributed by atoms with Gasteiger partial charge in [0.2, 0.25) is 0 Å². The van der Waals surface area contributed by atoms with Crippen molar-refractivity contribution in [3.8, 4) is 0 Å². The van der Waals surface area contributed by atoms with Gasteiger partial charge in [-0.15, -0.1) is 0 Å². The van der Waals surface area contributed by atoms with Crippen LogP contribution in [0.15, 0.2) is 0 Å². The molecule has 0 bridgehead atoms. The molecule has 0 spiro atoms. The Morgan fingerprint density at radius 3 is 1.53 bits per heavy atom. The molecule has 1 aliphatic rings. The second kappa shape index (κ2) is 3.24. The fourth-order valence-electron chi connectivity index (χ4n) is 1.59. The number of hydrogen-bond acceptors (Lipinski definition) is 2. The number of likely N-dealkylation sites (tertiary alicyclic amines) is 1. The zero-order valence-corrected chi connectivity index (χ0v) is 7.65. The molecule has 1 fully saturated rings. The van der Waals surface area contributed by atoms with Crippen LogP contribution in [0, 0.1) is 5.92 Å². The van der Waals surface area contributed by atoms with Crippen LogP contribution < -0.4 is 0 Å². The first-order chi connectivity index (χ1) is 6.50. The highest BCUT2D eigenvalue weighted by Crippen LogP contribution is 2.49. The minimum atomic E-state index is -5.70. The normalized spacial score (nSPS) is 21.6. The number of aliphatic hydroxyl groups is 1. The molecule has 0 atom stereocenters. The molecular formula is C7H9F6NO. The highest BCUT2D eigenvalue weighted by Gasteiger charge is 2.74. The Kier molecular flexibility index (Phi) is 2.72. The molecule has 0 aromatic heterocycles. The van der Waals surface area contributed by atoms with Crippen molar-refractivity contribution in [2.24, 2.45) is 5.92 Å². The molecule has 15 heavy (non-hydrogen) atoms. The van der Waals surface area contributed by atoms with Crippen molar-refractivity contribution in [2.45, 2.75) is 18.0 Å². The summed E-state index contributed by atoms with van der Waals surface area (Å²) in [6, 6.07) is 0. The van der Waals surface area contributed by atoms with Crippen LogP contribution in [0.2, 0.25) is 0 Å². The fraction of sp³-hybridized carbons (Fsp3) is 1.00. The molecule has 1 N–H and O–H groups in total. The van der Waals surface area contributed by atoms with Gasteiger partial charge in [-0.1, -0.05) is 0 Å². The van der Waals surface area contributed by atoms with Crippen LogP contribution in [0.3, 0.4) is 0 Å². The van der Waals surface area contributed by atoms with Crippen LogP contribution in [0.25, 0.3) is 0 Å². The van der Waals surface area contributed by atoms with Gasteiger partial charge >= 0.3 is 12.4 Å². The van der Waals surface area contributed by atoms with Gasteiger partial charge in [-0.3, -0.25) is 0 Å². The van der Waals surface area contributed by atoms with Crippen molar-refractivity contribution in [3.63, 3.8) is 0 Å². The Bertz CT molecular complexity index is 227. The third-order valence-electron chi connectivity index (χ3n) is 2.52. The molecular weight excluding hydrogens is 228 g/mol. The molecule has 0 aliphatic carbocycles. The third-order valence-corrected chi connectivity index (χ3v) is 2.52. The van der Waals surface area contributed by atoms with E-state index < -0.39 is 37.0 Å². The Morgan fingerprint density at radius 1 is 1.00 bits per heavy atom. The molecule has 0 aromatic rings. The van der Waals surface area contributed by atoms with Gasteiger partial charge in [0.05, 0.1) is 0 Å². The molecule has 1 rings (SSSR count). The maximum absolute atomic E-state index is 12.2. The van der Waals surface area contributed by atoms with E-state index in [1.807, 2.05) is 0 Å². The Morgan fingerprint density at radius 2 is 1.33 bits per heavy atom. The summed E-state index contributed by atoms with van der Waals surface area (Å²) in [6.07, 6.45) is -11.4. The van der Waals surface area contributed by atoms with Crippen LogP contribution in [-0.4, -0.2) is 48.1 Å². The summed E-state index contributed by atoms with van der Waals surface area (Å²) in [6.45, 7) is -0.842. The SMILES string of the molecule is CN1CC(C(O)(C(F)(F)F)C(F)(F)F)C1. The summed E-state index contributed by atoms with van der Waals surface area (Å²) >= 11 is 0. The molecule has 0 radical (unpaired) electrons. The molecule has 1 saturated heterocycles. The maximum Gasteiger partial charge on any atom is 0.426 e. The zero-order chi connectivity index (χ0) is 12.1. The van der Waals surface area contributed by atoms with E-state index in [1.54, 1.807) is 0 Å². The van der Waals surface area contributed by atoms with Crippen LogP contribution in [0.4, 0.5) is 26.3 Å². The van der Waals surface area contributed by atoms with Crippen LogP contribution in [0.1, 0.15) is 0 Å². The second-order valence-corrected chi connectivity index (χ2v) is 3.68. The topological polar surface area (TPSA) is 23.5 Å². The van der Waals surface area contributed by atoms with Crippen molar-refractivity contribution in [1.82, 2.24) is 4.90 Å². The lowest BCUT2D eigenvalue weighted by atomic mass is 9.80. The van der Waals surface area contributed by atoms with Gasteiger partial charge in [0.15, 0.2) is 0 Å². The van der Waals surface area contributed by atoms with Crippen LogP contribution in [0.5, 0.6) is 0 Å². The predicted molar refractivity (Wildman–Crippen MR) is 38.0 cm³/mol. The third kappa shape index (κ3) is 1.80. The lowest BCUT2D eigenvalue weighted by Crippen LogP contribution is -2.69. The monoisotopic (exact) mass is 237 g/mol. The fourth-order valence-corrected chi connectivity index (χ4v) is 1.59. The van der Waals surface area contributed by atoms with Gasteiger partial charge in [-0.2, -0.15) is 26.3 Å². The Labute approximate surface area is 81.5 Å².